The first kappa shape index (κ1) is 11.6. The van der Waals surface area contributed by atoms with Crippen LogP contribution in [0.25, 0.3) is 0 Å². The molecule has 0 saturated carbocycles. The highest BCUT2D eigenvalue weighted by atomic mass is 16.1. The first-order valence-corrected chi connectivity index (χ1v) is 5.05. The number of aromatic nitrogens is 2. The fourth-order valence-corrected chi connectivity index (χ4v) is 1.26. The van der Waals surface area contributed by atoms with E-state index in [1.165, 1.54) is 0 Å². The summed E-state index contributed by atoms with van der Waals surface area (Å²) in [4.78, 5) is 12.7. The second-order valence-electron chi connectivity index (χ2n) is 4.03. The first-order valence-electron chi connectivity index (χ1n) is 5.05. The average molecular weight is 207 g/mol. The van der Waals surface area contributed by atoms with Gasteiger partial charge in [0, 0.05) is 7.05 Å². The minimum absolute atomic E-state index is 0.118. The maximum atomic E-state index is 10.9. The predicted molar refractivity (Wildman–Crippen MR) is 60.1 cm³/mol. The highest BCUT2D eigenvalue weighted by molar-refractivity contribution is 5.80. The fourth-order valence-electron chi connectivity index (χ4n) is 1.26. The molecule has 0 aliphatic rings. The van der Waals surface area contributed by atoms with E-state index in [0.717, 1.165) is 11.5 Å². The van der Waals surface area contributed by atoms with Crippen molar-refractivity contribution in [2.45, 2.75) is 26.7 Å². The molecule has 0 atom stereocenters. The molecular weight excluding hydrogens is 190 g/mol. The normalized spacial score (nSPS) is 10.5. The molecule has 0 aromatic carbocycles. The number of anilines is 1. The number of nitrogens with zero attached hydrogens (tertiary/aromatic N) is 3. The van der Waals surface area contributed by atoms with Gasteiger partial charge in [0.1, 0.15) is 5.78 Å². The van der Waals surface area contributed by atoms with Crippen LogP contribution in [0, 0.1) is 0 Å². The van der Waals surface area contributed by atoms with Crippen LogP contribution in [0.3, 0.4) is 0 Å². The summed E-state index contributed by atoms with van der Waals surface area (Å²) in [7, 11) is 1.83. The lowest BCUT2D eigenvalue weighted by molar-refractivity contribution is -0.115. The molecule has 0 fully saturated rings. The van der Waals surface area contributed by atoms with Crippen molar-refractivity contribution in [1.82, 2.24) is 10.2 Å². The molecule has 0 N–H and O–H groups in total. The zero-order valence-electron chi connectivity index (χ0n) is 9.69. The van der Waals surface area contributed by atoms with Crippen molar-refractivity contribution in [1.29, 1.82) is 0 Å². The summed E-state index contributed by atoms with van der Waals surface area (Å²) in [6.07, 6.45) is 0. The van der Waals surface area contributed by atoms with Crippen LogP contribution < -0.4 is 4.90 Å². The number of Topliss-reactive ketones (excluding diaryl/α,β-unsaturated/α-hetero) is 1. The molecule has 0 unspecified atom stereocenters. The molecule has 0 aliphatic carbocycles. The van der Waals surface area contributed by atoms with Crippen molar-refractivity contribution in [3.63, 3.8) is 0 Å². The number of likely N-dealkylation sites (N-methyl/N-ethyl adjacent to an activating group) is 1. The highest BCUT2D eigenvalue weighted by Gasteiger charge is 2.06. The van der Waals surface area contributed by atoms with Crippen molar-refractivity contribution in [2.24, 2.45) is 0 Å². The Kier molecular flexibility index (Phi) is 3.77. The molecule has 0 amide bonds. The lowest BCUT2D eigenvalue weighted by Gasteiger charge is -2.15. The lowest BCUT2D eigenvalue weighted by Crippen LogP contribution is -2.25. The van der Waals surface area contributed by atoms with Crippen molar-refractivity contribution in [3.8, 4) is 0 Å². The Morgan fingerprint density at radius 2 is 2.07 bits per heavy atom. The van der Waals surface area contributed by atoms with E-state index in [1.807, 2.05) is 19.2 Å². The van der Waals surface area contributed by atoms with Crippen LogP contribution in [0.1, 0.15) is 32.4 Å². The number of hydrogen-bond donors (Lipinski definition) is 0. The van der Waals surface area contributed by atoms with Crippen LogP contribution in [0.4, 0.5) is 5.82 Å². The second-order valence-corrected chi connectivity index (χ2v) is 4.03. The van der Waals surface area contributed by atoms with Crippen molar-refractivity contribution < 1.29 is 4.79 Å². The molecule has 4 heteroatoms. The van der Waals surface area contributed by atoms with Crippen LogP contribution in [0.5, 0.6) is 0 Å². The van der Waals surface area contributed by atoms with Crippen LogP contribution >= 0.6 is 0 Å². The Hall–Kier alpha value is -1.45. The maximum Gasteiger partial charge on any atom is 0.151 e. The van der Waals surface area contributed by atoms with Crippen molar-refractivity contribution >= 4 is 11.6 Å². The molecule has 4 nitrogen and oxygen atoms in total. The van der Waals surface area contributed by atoms with E-state index in [1.54, 1.807) is 11.8 Å². The summed E-state index contributed by atoms with van der Waals surface area (Å²) in [5.74, 6) is 1.23. The van der Waals surface area contributed by atoms with Crippen molar-refractivity contribution in [3.05, 3.63) is 17.8 Å². The summed E-state index contributed by atoms with van der Waals surface area (Å²) in [5, 5.41) is 8.18. The van der Waals surface area contributed by atoms with Crippen LogP contribution in [-0.4, -0.2) is 29.6 Å². The van der Waals surface area contributed by atoms with Gasteiger partial charge in [0.15, 0.2) is 5.82 Å². The van der Waals surface area contributed by atoms with E-state index in [0.29, 0.717) is 12.5 Å². The third-order valence-corrected chi connectivity index (χ3v) is 2.11. The molecule has 1 aromatic heterocycles. The predicted octanol–water partition coefficient (Wildman–Crippen LogP) is 1.63. The molecule has 82 valence electrons. The summed E-state index contributed by atoms with van der Waals surface area (Å²) >= 11 is 0. The Bertz CT molecular complexity index is 332. The maximum absolute atomic E-state index is 10.9. The molecule has 15 heavy (non-hydrogen) atoms. The molecule has 1 heterocycles. The molecule has 1 aromatic rings. The van der Waals surface area contributed by atoms with Gasteiger partial charge in [-0.05, 0) is 25.0 Å². The molecule has 0 bridgehead atoms. The molecule has 0 radical (unpaired) electrons. The van der Waals surface area contributed by atoms with E-state index in [4.69, 9.17) is 0 Å². The van der Waals surface area contributed by atoms with Crippen molar-refractivity contribution in [2.75, 3.05) is 18.5 Å². The Labute approximate surface area is 90.3 Å². The lowest BCUT2D eigenvalue weighted by atomic mass is 10.1. The highest BCUT2D eigenvalue weighted by Crippen LogP contribution is 2.13. The Morgan fingerprint density at radius 1 is 1.40 bits per heavy atom. The van der Waals surface area contributed by atoms with E-state index in [-0.39, 0.29) is 5.78 Å². The van der Waals surface area contributed by atoms with E-state index in [9.17, 15) is 4.79 Å². The van der Waals surface area contributed by atoms with Crippen LogP contribution in [0.15, 0.2) is 12.1 Å². The molecular formula is C11H17N3O. The zero-order valence-corrected chi connectivity index (χ0v) is 9.69. The summed E-state index contributed by atoms with van der Waals surface area (Å²) in [6.45, 7) is 6.08. The van der Waals surface area contributed by atoms with Gasteiger partial charge in [-0.25, -0.2) is 0 Å². The van der Waals surface area contributed by atoms with Gasteiger partial charge < -0.3 is 4.90 Å². The quantitative estimate of drug-likeness (QED) is 0.752. The van der Waals surface area contributed by atoms with Crippen LogP contribution in [0.2, 0.25) is 0 Å². The topological polar surface area (TPSA) is 46.1 Å². The third kappa shape index (κ3) is 3.31. The molecule has 0 saturated heterocycles. The fraction of sp³-hybridized carbons (Fsp3) is 0.545. The van der Waals surface area contributed by atoms with Gasteiger partial charge in [-0.3, -0.25) is 4.79 Å². The molecule has 1 rings (SSSR count). The Balaban J connectivity index is 2.75. The average Bonchev–Trinajstić information content (AvgIpc) is 2.17. The summed E-state index contributed by atoms with van der Waals surface area (Å²) in [5.41, 5.74) is 0.968. The standard InChI is InChI=1S/C11H17N3O/c1-8(2)10-5-6-11(13-12-10)14(4)7-9(3)15/h5-6,8H,7H2,1-4H3. The monoisotopic (exact) mass is 207 g/mol. The molecule has 0 aliphatic heterocycles. The van der Waals surface area contributed by atoms with Gasteiger partial charge in [-0.15, -0.1) is 5.10 Å². The van der Waals surface area contributed by atoms with E-state index in [2.05, 4.69) is 24.0 Å². The number of hydrogen-bond acceptors (Lipinski definition) is 4. The van der Waals surface area contributed by atoms with Crippen LogP contribution in [-0.2, 0) is 4.79 Å². The zero-order chi connectivity index (χ0) is 11.4. The first-order chi connectivity index (χ1) is 7.00. The molecule has 0 spiro atoms. The number of rotatable bonds is 4. The van der Waals surface area contributed by atoms with Gasteiger partial charge in [0.2, 0.25) is 0 Å². The van der Waals surface area contributed by atoms with E-state index < -0.39 is 0 Å². The second kappa shape index (κ2) is 4.87. The summed E-state index contributed by atoms with van der Waals surface area (Å²) in [6, 6.07) is 3.84. The van der Waals surface area contributed by atoms with Gasteiger partial charge in [-0.2, -0.15) is 5.10 Å². The minimum atomic E-state index is 0.118. The Morgan fingerprint density at radius 3 is 2.47 bits per heavy atom. The number of carbonyl (C=O) groups is 1. The number of ketones is 1. The van der Waals surface area contributed by atoms with Gasteiger partial charge in [0.25, 0.3) is 0 Å². The smallest absolute Gasteiger partial charge is 0.151 e. The van der Waals surface area contributed by atoms with Gasteiger partial charge >= 0.3 is 0 Å². The summed E-state index contributed by atoms with van der Waals surface area (Å²) < 4.78 is 0. The van der Waals surface area contributed by atoms with Gasteiger partial charge in [-0.1, -0.05) is 13.8 Å². The largest absolute Gasteiger partial charge is 0.351 e. The SMILES string of the molecule is CC(=O)CN(C)c1ccc(C(C)C)nn1. The number of carbonyl (C=O) groups excluding carboxylic acids is 1. The van der Waals surface area contributed by atoms with E-state index >= 15 is 0 Å². The van der Waals surface area contributed by atoms with Gasteiger partial charge in [0.05, 0.1) is 12.2 Å². The third-order valence-electron chi connectivity index (χ3n) is 2.11. The minimum Gasteiger partial charge on any atom is -0.351 e.